The molecule has 154 valence electrons. The van der Waals surface area contributed by atoms with Crippen molar-refractivity contribution in [2.75, 3.05) is 0 Å². The number of nitrogens with zero attached hydrogens (tertiary/aromatic N) is 2. The molecule has 0 spiro atoms. The van der Waals surface area contributed by atoms with Gasteiger partial charge in [0.2, 0.25) is 0 Å². The molecule has 32 heavy (non-hydrogen) atoms. The number of hydrogen-bond acceptors (Lipinski definition) is 4. The maximum Gasteiger partial charge on any atom is 0.258 e. The molecule has 0 amide bonds. The maximum atomic E-state index is 12.7. The first-order valence-corrected chi connectivity index (χ1v) is 10.3. The molecule has 6 heteroatoms. The third-order valence-electron chi connectivity index (χ3n) is 5.60. The highest BCUT2D eigenvalue weighted by molar-refractivity contribution is 5.93. The molecule has 0 saturated heterocycles. The summed E-state index contributed by atoms with van der Waals surface area (Å²) in [5, 5.41) is 1.88. The summed E-state index contributed by atoms with van der Waals surface area (Å²) in [6.07, 6.45) is 3.59. The van der Waals surface area contributed by atoms with E-state index in [-0.39, 0.29) is 5.56 Å². The number of aromatic nitrogens is 4. The summed E-state index contributed by atoms with van der Waals surface area (Å²) in [6.45, 7) is 1.90. The normalized spacial score (nSPS) is 11.4. The molecule has 2 N–H and O–H groups in total. The molecule has 0 aliphatic heterocycles. The molecule has 5 heterocycles. The van der Waals surface area contributed by atoms with Crippen LogP contribution in [0.2, 0.25) is 0 Å². The number of nitrogens with one attached hydrogen (secondary N) is 2. The predicted octanol–water partition coefficient (Wildman–Crippen LogP) is 5.70. The minimum absolute atomic E-state index is 0.196. The Morgan fingerprint density at radius 1 is 0.906 bits per heavy atom. The molecule has 1 aromatic carbocycles. The van der Waals surface area contributed by atoms with Gasteiger partial charge in [-0.1, -0.05) is 12.1 Å². The van der Waals surface area contributed by atoms with Gasteiger partial charge in [0.15, 0.2) is 5.76 Å². The Morgan fingerprint density at radius 3 is 2.62 bits per heavy atom. The lowest BCUT2D eigenvalue weighted by Crippen LogP contribution is -2.10. The van der Waals surface area contributed by atoms with Gasteiger partial charge in [0.05, 0.1) is 16.8 Å². The quantitative estimate of drug-likeness (QED) is 0.386. The summed E-state index contributed by atoms with van der Waals surface area (Å²) in [5.41, 5.74) is 5.17. The van der Waals surface area contributed by atoms with Crippen LogP contribution in [-0.2, 0) is 0 Å². The maximum absolute atomic E-state index is 12.7. The standard InChI is InChI=1S/C26H18N4O2/c1-15-6-9-23(32-15)24-19(16-7-8-21-17(12-16)4-2-10-27-21)13-18-14-20(22-5-3-11-28-22)26(31)30-25(18)29-24/h2-14,28H,1H3,(H,29,30,31). The van der Waals surface area contributed by atoms with Crippen LogP contribution in [0.25, 0.3) is 55.8 Å². The van der Waals surface area contributed by atoms with Crippen molar-refractivity contribution in [1.82, 2.24) is 19.9 Å². The highest BCUT2D eigenvalue weighted by atomic mass is 16.3. The summed E-state index contributed by atoms with van der Waals surface area (Å²) in [7, 11) is 0. The molecule has 0 saturated carbocycles. The van der Waals surface area contributed by atoms with Crippen molar-refractivity contribution in [1.29, 1.82) is 0 Å². The number of rotatable bonds is 3. The molecule has 6 nitrogen and oxygen atoms in total. The second-order valence-corrected chi connectivity index (χ2v) is 7.74. The molecule has 6 rings (SSSR count). The van der Waals surface area contributed by atoms with Gasteiger partial charge in [-0.05, 0) is 67.1 Å². The van der Waals surface area contributed by atoms with E-state index in [2.05, 4.69) is 27.1 Å². The molecule has 0 fully saturated rings. The minimum Gasteiger partial charge on any atom is -0.460 e. The number of aryl methyl sites for hydroxylation is 1. The van der Waals surface area contributed by atoms with Crippen LogP contribution in [-0.4, -0.2) is 19.9 Å². The zero-order valence-electron chi connectivity index (χ0n) is 17.2. The van der Waals surface area contributed by atoms with E-state index >= 15 is 0 Å². The minimum atomic E-state index is -0.196. The van der Waals surface area contributed by atoms with Crippen molar-refractivity contribution in [2.45, 2.75) is 6.92 Å². The average molecular weight is 418 g/mol. The van der Waals surface area contributed by atoms with E-state index in [1.165, 1.54) is 0 Å². The van der Waals surface area contributed by atoms with Crippen molar-refractivity contribution in [3.05, 3.63) is 95.2 Å². The van der Waals surface area contributed by atoms with Crippen LogP contribution in [0.1, 0.15) is 5.76 Å². The molecule has 0 bridgehead atoms. The van der Waals surface area contributed by atoms with Gasteiger partial charge in [0, 0.05) is 28.7 Å². The molecule has 0 unspecified atom stereocenters. The van der Waals surface area contributed by atoms with Crippen LogP contribution in [0, 0.1) is 6.92 Å². The number of hydrogen-bond donors (Lipinski definition) is 2. The molecule has 5 aromatic heterocycles. The Labute approximate surface area is 182 Å². The summed E-state index contributed by atoms with van der Waals surface area (Å²) >= 11 is 0. The highest BCUT2D eigenvalue weighted by Crippen LogP contribution is 2.35. The Bertz CT molecular complexity index is 1660. The van der Waals surface area contributed by atoms with Crippen LogP contribution >= 0.6 is 0 Å². The van der Waals surface area contributed by atoms with Crippen LogP contribution in [0.15, 0.2) is 88.3 Å². The third kappa shape index (κ3) is 3.01. The van der Waals surface area contributed by atoms with Crippen molar-refractivity contribution >= 4 is 21.9 Å². The zero-order valence-corrected chi connectivity index (χ0v) is 17.2. The number of aromatic amines is 2. The smallest absolute Gasteiger partial charge is 0.258 e. The largest absolute Gasteiger partial charge is 0.460 e. The number of fused-ring (bicyclic) bond motifs is 2. The lowest BCUT2D eigenvalue weighted by Gasteiger charge is -2.11. The Balaban J connectivity index is 1.64. The van der Waals surface area contributed by atoms with Gasteiger partial charge in [0.1, 0.15) is 17.1 Å². The monoisotopic (exact) mass is 418 g/mol. The number of pyridine rings is 3. The summed E-state index contributed by atoms with van der Waals surface area (Å²) in [6, 6.07) is 21.6. The van der Waals surface area contributed by atoms with Gasteiger partial charge >= 0.3 is 0 Å². The highest BCUT2D eigenvalue weighted by Gasteiger charge is 2.17. The van der Waals surface area contributed by atoms with Crippen molar-refractivity contribution in [2.24, 2.45) is 0 Å². The van der Waals surface area contributed by atoms with E-state index in [4.69, 9.17) is 9.40 Å². The molecule has 0 radical (unpaired) electrons. The predicted molar refractivity (Wildman–Crippen MR) is 125 cm³/mol. The van der Waals surface area contributed by atoms with E-state index in [0.717, 1.165) is 38.9 Å². The Morgan fingerprint density at radius 2 is 1.81 bits per heavy atom. The Kier molecular flexibility index (Phi) is 4.04. The van der Waals surface area contributed by atoms with Gasteiger partial charge in [-0.15, -0.1) is 0 Å². The van der Waals surface area contributed by atoms with Gasteiger partial charge < -0.3 is 14.4 Å². The van der Waals surface area contributed by atoms with Crippen LogP contribution in [0.5, 0.6) is 0 Å². The lowest BCUT2D eigenvalue weighted by molar-refractivity contribution is 0.547. The average Bonchev–Trinajstić information content (AvgIpc) is 3.49. The SMILES string of the molecule is Cc1ccc(-c2nc3[nH]c(=O)c(-c4ccc[nH]4)cc3cc2-c2ccc3ncccc3c2)o1. The van der Waals surface area contributed by atoms with E-state index in [1.807, 2.05) is 61.5 Å². The lowest BCUT2D eigenvalue weighted by atomic mass is 9.99. The first-order valence-electron chi connectivity index (χ1n) is 10.3. The van der Waals surface area contributed by atoms with Gasteiger partial charge in [0.25, 0.3) is 5.56 Å². The number of H-pyrrole nitrogens is 2. The fourth-order valence-corrected chi connectivity index (χ4v) is 4.05. The molecule has 0 aliphatic carbocycles. The topological polar surface area (TPSA) is 87.6 Å². The van der Waals surface area contributed by atoms with E-state index in [9.17, 15) is 4.79 Å². The molecular formula is C26H18N4O2. The second kappa shape index (κ2) is 7.06. The fourth-order valence-electron chi connectivity index (χ4n) is 4.05. The summed E-state index contributed by atoms with van der Waals surface area (Å²) in [4.78, 5) is 28.0. The molecule has 0 aliphatic rings. The molecular weight excluding hydrogens is 400 g/mol. The fraction of sp³-hybridized carbons (Fsp3) is 0.0385. The van der Waals surface area contributed by atoms with Crippen molar-refractivity contribution < 1.29 is 4.42 Å². The van der Waals surface area contributed by atoms with Crippen LogP contribution in [0.4, 0.5) is 0 Å². The third-order valence-corrected chi connectivity index (χ3v) is 5.60. The first-order chi connectivity index (χ1) is 15.7. The van der Waals surface area contributed by atoms with Crippen molar-refractivity contribution in [3.63, 3.8) is 0 Å². The summed E-state index contributed by atoms with van der Waals surface area (Å²) < 4.78 is 5.91. The first kappa shape index (κ1) is 18.3. The number of furan rings is 1. The van der Waals surface area contributed by atoms with E-state index in [1.54, 1.807) is 12.4 Å². The second-order valence-electron chi connectivity index (χ2n) is 7.74. The van der Waals surface area contributed by atoms with Crippen LogP contribution < -0.4 is 5.56 Å². The number of benzene rings is 1. The Hall–Kier alpha value is -4.45. The molecule has 0 atom stereocenters. The van der Waals surface area contributed by atoms with Gasteiger partial charge in [-0.3, -0.25) is 9.78 Å². The molecule has 6 aromatic rings. The summed E-state index contributed by atoms with van der Waals surface area (Å²) in [5.74, 6) is 1.45. The van der Waals surface area contributed by atoms with Gasteiger partial charge in [-0.25, -0.2) is 4.98 Å². The van der Waals surface area contributed by atoms with Gasteiger partial charge in [-0.2, -0.15) is 0 Å². The van der Waals surface area contributed by atoms with Crippen LogP contribution in [0.3, 0.4) is 0 Å². The van der Waals surface area contributed by atoms with Crippen molar-refractivity contribution in [3.8, 4) is 33.8 Å². The zero-order chi connectivity index (χ0) is 21.7. The van der Waals surface area contributed by atoms with E-state index in [0.29, 0.717) is 22.7 Å². The van der Waals surface area contributed by atoms with E-state index < -0.39 is 0 Å².